The molecule has 10 heteroatoms. The molecule has 2 atom stereocenters. The molecular formula is C26H36BrClN2O4SSi. The Bertz CT molecular complexity index is 1190. The fourth-order valence-corrected chi connectivity index (χ4v) is 7.14. The summed E-state index contributed by atoms with van der Waals surface area (Å²) in [4.78, 5) is 4.74. The number of ether oxygens (including phenoxy) is 1. The largest absolute Gasteiger partial charge is 0.457 e. The van der Waals surface area contributed by atoms with E-state index in [1.165, 1.54) is 0 Å². The van der Waals surface area contributed by atoms with Crippen LogP contribution in [0.3, 0.4) is 0 Å². The van der Waals surface area contributed by atoms with Crippen molar-refractivity contribution in [2.75, 3.05) is 6.61 Å². The van der Waals surface area contributed by atoms with Crippen LogP contribution >= 0.6 is 27.5 Å². The van der Waals surface area contributed by atoms with Gasteiger partial charge in [-0.3, -0.25) is 0 Å². The van der Waals surface area contributed by atoms with Crippen molar-refractivity contribution in [1.29, 1.82) is 0 Å². The van der Waals surface area contributed by atoms with Gasteiger partial charge in [-0.2, -0.15) is 0 Å². The summed E-state index contributed by atoms with van der Waals surface area (Å²) in [7, 11) is -5.76. The zero-order valence-corrected chi connectivity index (χ0v) is 26.1. The van der Waals surface area contributed by atoms with Crippen molar-refractivity contribution < 1.29 is 17.6 Å². The first-order chi connectivity index (χ1) is 16.5. The van der Waals surface area contributed by atoms with Crippen LogP contribution in [0, 0.1) is 0 Å². The molecule has 198 valence electrons. The molecule has 2 aromatic carbocycles. The van der Waals surface area contributed by atoms with Crippen LogP contribution < -0.4 is 4.72 Å². The lowest BCUT2D eigenvalue weighted by Gasteiger charge is -2.39. The van der Waals surface area contributed by atoms with Gasteiger partial charge in [-0.05, 0) is 73.8 Å². The smallest absolute Gasteiger partial charge is 0.299 e. The number of rotatable bonds is 7. The van der Waals surface area contributed by atoms with E-state index in [2.05, 4.69) is 54.5 Å². The summed E-state index contributed by atoms with van der Waals surface area (Å²) in [6.45, 7) is 15.0. The minimum Gasteiger partial charge on any atom is -0.457 e. The van der Waals surface area contributed by atoms with Gasteiger partial charge in [0.25, 0.3) is 6.02 Å². The molecule has 0 aliphatic carbocycles. The predicted molar refractivity (Wildman–Crippen MR) is 153 cm³/mol. The van der Waals surface area contributed by atoms with E-state index in [0.717, 1.165) is 10.0 Å². The molecule has 1 fully saturated rings. The molecule has 0 bridgehead atoms. The molecule has 36 heavy (non-hydrogen) atoms. The Hall–Kier alpha value is -1.39. The molecule has 1 heterocycles. The van der Waals surface area contributed by atoms with Crippen molar-refractivity contribution in [3.63, 3.8) is 0 Å². The van der Waals surface area contributed by atoms with Gasteiger partial charge in [0, 0.05) is 16.1 Å². The molecule has 0 aromatic heterocycles. The normalized spacial score (nSPS) is 21.5. The average molecular weight is 616 g/mol. The van der Waals surface area contributed by atoms with E-state index in [1.54, 1.807) is 38.1 Å². The summed E-state index contributed by atoms with van der Waals surface area (Å²) in [6.07, 6.45) is 0.569. The van der Waals surface area contributed by atoms with Gasteiger partial charge in [0.1, 0.15) is 10.9 Å². The molecule has 1 aliphatic rings. The lowest BCUT2D eigenvalue weighted by molar-refractivity contribution is 0.0759. The number of nitrogens with one attached hydrogen (secondary N) is 1. The Morgan fingerprint density at radius 3 is 2.25 bits per heavy atom. The molecular weight excluding hydrogens is 580 g/mol. The van der Waals surface area contributed by atoms with Crippen LogP contribution in [-0.2, 0) is 19.2 Å². The van der Waals surface area contributed by atoms with Crippen molar-refractivity contribution in [2.45, 2.75) is 76.1 Å². The van der Waals surface area contributed by atoms with Gasteiger partial charge in [-0.15, -0.1) is 0 Å². The molecule has 1 saturated heterocycles. The summed E-state index contributed by atoms with van der Waals surface area (Å²) in [5.74, 6) is 0. The van der Waals surface area contributed by atoms with E-state index in [0.29, 0.717) is 23.6 Å². The van der Waals surface area contributed by atoms with E-state index >= 15 is 0 Å². The van der Waals surface area contributed by atoms with Crippen molar-refractivity contribution in [3.8, 4) is 0 Å². The predicted octanol–water partition coefficient (Wildman–Crippen LogP) is 7.38. The average Bonchev–Trinajstić information content (AvgIpc) is 2.72. The number of benzene rings is 2. The summed E-state index contributed by atoms with van der Waals surface area (Å²) in [5, 5.41) is -0.188. The lowest BCUT2D eigenvalue weighted by Crippen LogP contribution is -2.53. The van der Waals surface area contributed by atoms with Gasteiger partial charge >= 0.3 is 0 Å². The third-order valence-electron chi connectivity index (χ3n) is 6.89. The van der Waals surface area contributed by atoms with Gasteiger partial charge in [-0.1, -0.05) is 72.6 Å². The van der Waals surface area contributed by atoms with Crippen LogP contribution in [0.25, 0.3) is 0 Å². The Morgan fingerprint density at radius 2 is 1.72 bits per heavy atom. The van der Waals surface area contributed by atoms with Gasteiger partial charge < -0.3 is 9.16 Å². The SMILES string of the molecule is CC1(C)OC(=NC(CCO[Si](C)(C)C(C)(C)C)c2ccc(Cl)cc2)NS(=O)(=O)C1c1ccc(Br)cc1. The third kappa shape index (κ3) is 6.92. The molecule has 0 amide bonds. The van der Waals surface area contributed by atoms with Crippen molar-refractivity contribution in [2.24, 2.45) is 4.99 Å². The number of aliphatic imine (C=N–C) groups is 1. The van der Waals surface area contributed by atoms with Crippen molar-refractivity contribution >= 4 is 51.9 Å². The maximum Gasteiger partial charge on any atom is 0.299 e. The Kier molecular flexibility index (Phi) is 8.72. The summed E-state index contributed by atoms with van der Waals surface area (Å²) in [5.41, 5.74) is 0.506. The second-order valence-electron chi connectivity index (χ2n) is 11.2. The first-order valence-electron chi connectivity index (χ1n) is 12.0. The number of amidine groups is 1. The quantitative estimate of drug-likeness (QED) is 0.330. The topological polar surface area (TPSA) is 77.0 Å². The first-order valence-corrected chi connectivity index (χ1v) is 17.6. The van der Waals surface area contributed by atoms with Crippen LogP contribution in [0.5, 0.6) is 0 Å². The monoisotopic (exact) mass is 614 g/mol. The zero-order valence-electron chi connectivity index (χ0n) is 21.9. The number of hydrogen-bond donors (Lipinski definition) is 1. The highest BCUT2D eigenvalue weighted by molar-refractivity contribution is 9.10. The van der Waals surface area contributed by atoms with E-state index < -0.39 is 29.2 Å². The van der Waals surface area contributed by atoms with E-state index in [1.807, 2.05) is 24.3 Å². The van der Waals surface area contributed by atoms with E-state index in [4.69, 9.17) is 25.8 Å². The molecule has 0 saturated carbocycles. The molecule has 1 N–H and O–H groups in total. The molecule has 0 radical (unpaired) electrons. The van der Waals surface area contributed by atoms with Crippen molar-refractivity contribution in [3.05, 3.63) is 69.2 Å². The van der Waals surface area contributed by atoms with E-state index in [9.17, 15) is 8.42 Å². The third-order valence-corrected chi connectivity index (χ3v) is 14.1. The van der Waals surface area contributed by atoms with Crippen LogP contribution in [-0.4, -0.2) is 35.0 Å². The number of nitrogens with zero attached hydrogens (tertiary/aromatic N) is 1. The van der Waals surface area contributed by atoms with Crippen LogP contribution in [0.15, 0.2) is 58.0 Å². The van der Waals surface area contributed by atoms with Crippen LogP contribution in [0.2, 0.25) is 23.2 Å². The first kappa shape index (κ1) is 29.2. The van der Waals surface area contributed by atoms with Gasteiger partial charge in [0.05, 0.1) is 6.04 Å². The molecule has 0 spiro atoms. The van der Waals surface area contributed by atoms with Gasteiger partial charge in [0.15, 0.2) is 8.32 Å². The fourth-order valence-electron chi connectivity index (χ4n) is 3.92. The summed E-state index contributed by atoms with van der Waals surface area (Å²) < 4.78 is 42.8. The molecule has 6 nitrogen and oxygen atoms in total. The highest BCUT2D eigenvalue weighted by Gasteiger charge is 2.48. The maximum absolute atomic E-state index is 13.4. The second kappa shape index (κ2) is 10.8. The van der Waals surface area contributed by atoms with Gasteiger partial charge in [0.2, 0.25) is 10.0 Å². The Balaban J connectivity index is 1.90. The standard InChI is InChI=1S/C26H36BrClN2O4SSi/c1-25(2,3)36(6,7)33-17-16-22(18-10-14-21(28)15-11-18)29-24-30-35(31,32)23(26(4,5)34-24)19-8-12-20(27)13-9-19/h8-15,22-23H,16-17H2,1-7H3,(H,29,30). The fraction of sp³-hybridized carbons (Fsp3) is 0.500. The Labute approximate surface area is 230 Å². The summed E-state index contributed by atoms with van der Waals surface area (Å²) in [6, 6.07) is 14.2. The lowest BCUT2D eigenvalue weighted by atomic mass is 9.97. The zero-order chi connectivity index (χ0) is 26.9. The highest BCUT2D eigenvalue weighted by atomic mass is 79.9. The molecule has 2 aromatic rings. The molecule has 2 unspecified atom stereocenters. The minimum atomic E-state index is -3.81. The van der Waals surface area contributed by atoms with Crippen LogP contribution in [0.4, 0.5) is 0 Å². The van der Waals surface area contributed by atoms with Crippen LogP contribution in [0.1, 0.15) is 63.5 Å². The van der Waals surface area contributed by atoms with Crippen molar-refractivity contribution in [1.82, 2.24) is 4.72 Å². The Morgan fingerprint density at radius 1 is 1.14 bits per heavy atom. The second-order valence-corrected chi connectivity index (χ2v) is 19.1. The van der Waals surface area contributed by atoms with E-state index in [-0.39, 0.29) is 17.1 Å². The highest BCUT2D eigenvalue weighted by Crippen LogP contribution is 2.40. The van der Waals surface area contributed by atoms with Gasteiger partial charge in [-0.25, -0.2) is 18.1 Å². The molecule has 1 aliphatic heterocycles. The minimum absolute atomic E-state index is 0.0133. The number of sulfonamides is 1. The maximum atomic E-state index is 13.4. The molecule has 3 rings (SSSR count). The summed E-state index contributed by atoms with van der Waals surface area (Å²) >= 11 is 9.51. The number of hydrogen-bond acceptors (Lipinski definition) is 5. The number of halogens is 2.